The first kappa shape index (κ1) is 16.3. The van der Waals surface area contributed by atoms with E-state index in [2.05, 4.69) is 4.98 Å². The van der Waals surface area contributed by atoms with Gasteiger partial charge in [-0.05, 0) is 37.3 Å². The number of benzene rings is 2. The lowest BCUT2D eigenvalue weighted by Gasteiger charge is -2.16. The first-order valence-electron chi connectivity index (χ1n) is 8.58. The minimum atomic E-state index is -0.421. The number of hydrogen-bond donors (Lipinski definition) is 0. The van der Waals surface area contributed by atoms with E-state index in [9.17, 15) is 9.59 Å². The fourth-order valence-electron chi connectivity index (χ4n) is 3.16. The highest BCUT2D eigenvalue weighted by Gasteiger charge is 2.36. The number of hydrogen-bond acceptors (Lipinski definition) is 5. The largest absolute Gasteiger partial charge is 0.466 e. The smallest absolute Gasteiger partial charge is 0.311 e. The summed E-state index contributed by atoms with van der Waals surface area (Å²) in [6, 6.07) is 15.1. The van der Waals surface area contributed by atoms with Crippen molar-refractivity contribution in [2.24, 2.45) is 5.92 Å². The van der Waals surface area contributed by atoms with Gasteiger partial charge in [-0.25, -0.2) is 4.98 Å². The van der Waals surface area contributed by atoms with E-state index in [1.165, 1.54) is 0 Å². The second-order valence-corrected chi connectivity index (χ2v) is 6.19. The van der Waals surface area contributed by atoms with Gasteiger partial charge in [0, 0.05) is 24.2 Å². The molecule has 4 rings (SSSR count). The topological polar surface area (TPSA) is 72.6 Å². The van der Waals surface area contributed by atoms with E-state index in [4.69, 9.17) is 9.15 Å². The summed E-state index contributed by atoms with van der Waals surface area (Å²) in [6.45, 7) is 2.40. The molecule has 2 heterocycles. The molecule has 1 unspecified atom stereocenters. The second-order valence-electron chi connectivity index (χ2n) is 6.19. The van der Waals surface area contributed by atoms with E-state index in [-0.39, 0.29) is 18.3 Å². The standard InChI is InChI=1S/C20H18N2O4/c1-2-25-20(24)14-10-18(23)22(12-14)15-8-9-17-16(11-15)21-19(26-17)13-6-4-3-5-7-13/h3-9,11,14H,2,10,12H2,1H3. The van der Waals surface area contributed by atoms with E-state index in [0.29, 0.717) is 35.8 Å². The van der Waals surface area contributed by atoms with Crippen LogP contribution in [0.3, 0.4) is 0 Å². The maximum absolute atomic E-state index is 12.3. The van der Waals surface area contributed by atoms with Crippen molar-refractivity contribution in [2.75, 3.05) is 18.1 Å². The average Bonchev–Trinajstić information content (AvgIpc) is 3.25. The van der Waals surface area contributed by atoms with Crippen LogP contribution in [-0.4, -0.2) is 30.0 Å². The third kappa shape index (κ3) is 2.94. The van der Waals surface area contributed by atoms with Crippen LogP contribution < -0.4 is 4.90 Å². The molecule has 132 valence electrons. The van der Waals surface area contributed by atoms with Crippen molar-refractivity contribution < 1.29 is 18.7 Å². The van der Waals surface area contributed by atoms with Crippen LogP contribution in [0.25, 0.3) is 22.6 Å². The van der Waals surface area contributed by atoms with Crippen molar-refractivity contribution in [3.8, 4) is 11.5 Å². The molecular formula is C20H18N2O4. The predicted molar refractivity (Wildman–Crippen MR) is 96.5 cm³/mol. The summed E-state index contributed by atoms with van der Waals surface area (Å²) in [7, 11) is 0. The van der Waals surface area contributed by atoms with Gasteiger partial charge in [0.1, 0.15) is 5.52 Å². The van der Waals surface area contributed by atoms with Gasteiger partial charge in [0.25, 0.3) is 0 Å². The summed E-state index contributed by atoms with van der Waals surface area (Å²) >= 11 is 0. The number of oxazole rings is 1. The summed E-state index contributed by atoms with van der Waals surface area (Å²) in [5.74, 6) is -0.295. The third-order valence-electron chi connectivity index (χ3n) is 4.45. The van der Waals surface area contributed by atoms with Crippen LogP contribution in [0, 0.1) is 5.92 Å². The van der Waals surface area contributed by atoms with E-state index in [1.54, 1.807) is 17.9 Å². The zero-order chi connectivity index (χ0) is 18.1. The van der Waals surface area contributed by atoms with Crippen LogP contribution >= 0.6 is 0 Å². The molecular weight excluding hydrogens is 332 g/mol. The maximum Gasteiger partial charge on any atom is 0.311 e. The highest BCUT2D eigenvalue weighted by Crippen LogP contribution is 2.30. The lowest BCUT2D eigenvalue weighted by Crippen LogP contribution is -2.26. The number of esters is 1. The van der Waals surface area contributed by atoms with Gasteiger partial charge in [0.2, 0.25) is 11.8 Å². The molecule has 6 nitrogen and oxygen atoms in total. The Balaban J connectivity index is 1.61. The van der Waals surface area contributed by atoms with E-state index in [0.717, 1.165) is 5.56 Å². The third-order valence-corrected chi connectivity index (χ3v) is 4.45. The molecule has 2 aromatic carbocycles. The van der Waals surface area contributed by atoms with Crippen molar-refractivity contribution in [1.29, 1.82) is 0 Å². The highest BCUT2D eigenvalue weighted by molar-refractivity contribution is 6.00. The first-order chi connectivity index (χ1) is 12.7. The molecule has 1 aliphatic heterocycles. The molecule has 0 aliphatic carbocycles. The van der Waals surface area contributed by atoms with Crippen molar-refractivity contribution in [2.45, 2.75) is 13.3 Å². The minimum Gasteiger partial charge on any atom is -0.466 e. The Hall–Kier alpha value is -3.15. The van der Waals surface area contributed by atoms with Crippen LogP contribution in [0.5, 0.6) is 0 Å². The Morgan fingerprint density at radius 1 is 1.27 bits per heavy atom. The molecule has 26 heavy (non-hydrogen) atoms. The Morgan fingerprint density at radius 2 is 2.08 bits per heavy atom. The number of ether oxygens (including phenoxy) is 1. The SMILES string of the molecule is CCOC(=O)C1CC(=O)N(c2ccc3oc(-c4ccccc4)nc3c2)C1. The van der Waals surface area contributed by atoms with Crippen molar-refractivity contribution >= 4 is 28.7 Å². The number of carbonyl (C=O) groups is 2. The van der Waals surface area contributed by atoms with Gasteiger partial charge >= 0.3 is 5.97 Å². The Labute approximate surface area is 150 Å². The number of aromatic nitrogens is 1. The highest BCUT2D eigenvalue weighted by atomic mass is 16.5. The predicted octanol–water partition coefficient (Wildman–Crippen LogP) is 3.41. The molecule has 0 bridgehead atoms. The number of amides is 1. The molecule has 6 heteroatoms. The summed E-state index contributed by atoms with van der Waals surface area (Å²) in [4.78, 5) is 30.4. The maximum atomic E-state index is 12.3. The number of carbonyl (C=O) groups excluding carboxylic acids is 2. The molecule has 1 fully saturated rings. The Kier molecular flexibility index (Phi) is 4.16. The zero-order valence-corrected chi connectivity index (χ0v) is 14.3. The normalized spacial score (nSPS) is 17.0. The van der Waals surface area contributed by atoms with Crippen LogP contribution in [0.15, 0.2) is 52.9 Å². The fraction of sp³-hybridized carbons (Fsp3) is 0.250. The monoisotopic (exact) mass is 350 g/mol. The Morgan fingerprint density at radius 3 is 2.85 bits per heavy atom. The summed E-state index contributed by atoms with van der Waals surface area (Å²) in [6.07, 6.45) is 0.172. The van der Waals surface area contributed by atoms with Gasteiger partial charge in [0.15, 0.2) is 5.58 Å². The Bertz CT molecular complexity index is 964. The van der Waals surface area contributed by atoms with Gasteiger partial charge in [-0.3, -0.25) is 9.59 Å². The quantitative estimate of drug-likeness (QED) is 0.674. The van der Waals surface area contributed by atoms with Gasteiger partial charge in [-0.15, -0.1) is 0 Å². The van der Waals surface area contributed by atoms with E-state index < -0.39 is 5.92 Å². The molecule has 0 spiro atoms. The number of fused-ring (bicyclic) bond motifs is 1. The molecule has 0 N–H and O–H groups in total. The van der Waals surface area contributed by atoms with Gasteiger partial charge in [0.05, 0.1) is 12.5 Å². The number of rotatable bonds is 4. The summed E-state index contributed by atoms with van der Waals surface area (Å²) in [5, 5.41) is 0. The summed E-state index contributed by atoms with van der Waals surface area (Å²) < 4.78 is 10.8. The lowest BCUT2D eigenvalue weighted by atomic mass is 10.1. The van der Waals surface area contributed by atoms with Crippen LogP contribution in [0.1, 0.15) is 13.3 Å². The van der Waals surface area contributed by atoms with Crippen LogP contribution in [0.4, 0.5) is 5.69 Å². The lowest BCUT2D eigenvalue weighted by molar-refractivity contribution is -0.147. The molecule has 1 saturated heterocycles. The molecule has 1 amide bonds. The first-order valence-corrected chi connectivity index (χ1v) is 8.58. The zero-order valence-electron chi connectivity index (χ0n) is 14.3. The molecule has 3 aromatic rings. The van der Waals surface area contributed by atoms with Crippen molar-refractivity contribution in [3.05, 3.63) is 48.5 Å². The summed E-state index contributed by atoms with van der Waals surface area (Å²) in [5.41, 5.74) is 2.93. The molecule has 0 radical (unpaired) electrons. The number of nitrogens with zero attached hydrogens (tertiary/aromatic N) is 2. The minimum absolute atomic E-state index is 0.0887. The fourth-order valence-corrected chi connectivity index (χ4v) is 3.16. The van der Waals surface area contributed by atoms with Gasteiger partial charge in [-0.1, -0.05) is 18.2 Å². The van der Waals surface area contributed by atoms with Crippen molar-refractivity contribution in [1.82, 2.24) is 4.98 Å². The number of anilines is 1. The molecule has 1 aliphatic rings. The van der Waals surface area contributed by atoms with Crippen LogP contribution in [0.2, 0.25) is 0 Å². The second kappa shape index (κ2) is 6.63. The van der Waals surface area contributed by atoms with E-state index >= 15 is 0 Å². The van der Waals surface area contributed by atoms with Gasteiger partial charge < -0.3 is 14.1 Å². The molecule has 1 aromatic heterocycles. The molecule has 1 atom stereocenters. The average molecular weight is 350 g/mol. The van der Waals surface area contributed by atoms with E-state index in [1.807, 2.05) is 42.5 Å². The molecule has 0 saturated carbocycles. The van der Waals surface area contributed by atoms with Crippen LogP contribution in [-0.2, 0) is 14.3 Å². The van der Waals surface area contributed by atoms with Crippen molar-refractivity contribution in [3.63, 3.8) is 0 Å². The van der Waals surface area contributed by atoms with Gasteiger partial charge in [-0.2, -0.15) is 0 Å².